The van der Waals surface area contributed by atoms with Crippen molar-refractivity contribution in [2.75, 3.05) is 11.9 Å². The monoisotopic (exact) mass is 309 g/mol. The van der Waals surface area contributed by atoms with Crippen molar-refractivity contribution in [2.24, 2.45) is 0 Å². The van der Waals surface area contributed by atoms with Crippen LogP contribution in [0.25, 0.3) is 21.6 Å². The van der Waals surface area contributed by atoms with Crippen molar-refractivity contribution in [3.05, 3.63) is 41.0 Å². The first-order chi connectivity index (χ1) is 10.1. The van der Waals surface area contributed by atoms with Gasteiger partial charge in [0.1, 0.15) is 28.1 Å². The SMILES string of the molecule is CCNc1nc(-c2c(F)cc(F)cc2F)nc2sccc12. The molecule has 0 amide bonds. The van der Waals surface area contributed by atoms with Crippen molar-refractivity contribution in [1.82, 2.24) is 9.97 Å². The number of rotatable bonds is 3. The molecule has 0 saturated heterocycles. The fourth-order valence-electron chi connectivity index (χ4n) is 2.03. The predicted molar refractivity (Wildman–Crippen MR) is 76.9 cm³/mol. The highest BCUT2D eigenvalue weighted by Crippen LogP contribution is 2.31. The lowest BCUT2D eigenvalue weighted by atomic mass is 10.1. The van der Waals surface area contributed by atoms with Gasteiger partial charge in [-0.15, -0.1) is 11.3 Å². The summed E-state index contributed by atoms with van der Waals surface area (Å²) in [6, 6.07) is 3.07. The van der Waals surface area contributed by atoms with E-state index >= 15 is 0 Å². The van der Waals surface area contributed by atoms with E-state index in [-0.39, 0.29) is 5.82 Å². The van der Waals surface area contributed by atoms with Gasteiger partial charge < -0.3 is 5.32 Å². The molecule has 3 nitrogen and oxygen atoms in total. The molecule has 0 spiro atoms. The molecule has 0 aliphatic rings. The van der Waals surface area contributed by atoms with Crippen molar-refractivity contribution in [3.63, 3.8) is 0 Å². The Morgan fingerprint density at radius 3 is 2.52 bits per heavy atom. The second-order valence-corrected chi connectivity index (χ2v) is 5.20. The van der Waals surface area contributed by atoms with Crippen molar-refractivity contribution < 1.29 is 13.2 Å². The van der Waals surface area contributed by atoms with Gasteiger partial charge in [-0.3, -0.25) is 0 Å². The van der Waals surface area contributed by atoms with Gasteiger partial charge in [-0.05, 0) is 18.4 Å². The Balaban J connectivity index is 2.25. The van der Waals surface area contributed by atoms with Gasteiger partial charge in [-0.1, -0.05) is 0 Å². The number of benzene rings is 1. The minimum atomic E-state index is -1.02. The van der Waals surface area contributed by atoms with Crippen LogP contribution in [-0.2, 0) is 0 Å². The summed E-state index contributed by atoms with van der Waals surface area (Å²) in [5.74, 6) is -2.62. The Morgan fingerprint density at radius 2 is 1.86 bits per heavy atom. The zero-order valence-electron chi connectivity index (χ0n) is 11.0. The van der Waals surface area contributed by atoms with Crippen molar-refractivity contribution in [2.45, 2.75) is 6.92 Å². The van der Waals surface area contributed by atoms with E-state index in [0.717, 1.165) is 5.39 Å². The van der Waals surface area contributed by atoms with Crippen molar-refractivity contribution in [1.29, 1.82) is 0 Å². The van der Waals surface area contributed by atoms with Gasteiger partial charge in [0.05, 0.1) is 10.9 Å². The normalized spacial score (nSPS) is 11.0. The van der Waals surface area contributed by atoms with E-state index in [2.05, 4.69) is 15.3 Å². The number of nitrogens with zero attached hydrogens (tertiary/aromatic N) is 2. The molecule has 2 aromatic heterocycles. The summed E-state index contributed by atoms with van der Waals surface area (Å²) in [4.78, 5) is 8.94. The quantitative estimate of drug-likeness (QED) is 0.787. The highest BCUT2D eigenvalue weighted by molar-refractivity contribution is 7.16. The summed E-state index contributed by atoms with van der Waals surface area (Å²) in [5.41, 5.74) is -0.425. The number of fused-ring (bicyclic) bond motifs is 1. The standard InChI is InChI=1S/C14H10F3N3S/c1-2-18-12-8-3-4-21-14(8)20-13(19-12)11-9(16)5-7(15)6-10(11)17/h3-6H,2H2,1H3,(H,18,19,20). The molecule has 0 bridgehead atoms. The summed E-state index contributed by atoms with van der Waals surface area (Å²) in [6.07, 6.45) is 0. The summed E-state index contributed by atoms with van der Waals surface area (Å²) in [7, 11) is 0. The Hall–Kier alpha value is -2.15. The summed E-state index contributed by atoms with van der Waals surface area (Å²) < 4.78 is 40.7. The molecule has 3 aromatic rings. The van der Waals surface area contributed by atoms with Crippen LogP contribution in [-0.4, -0.2) is 16.5 Å². The minimum absolute atomic E-state index is 0.101. The topological polar surface area (TPSA) is 37.8 Å². The van der Waals surface area contributed by atoms with Gasteiger partial charge in [0.2, 0.25) is 0 Å². The molecule has 1 aromatic carbocycles. The number of nitrogens with one attached hydrogen (secondary N) is 1. The Kier molecular flexibility index (Phi) is 3.50. The van der Waals surface area contributed by atoms with Crippen molar-refractivity contribution >= 4 is 27.4 Å². The number of aromatic nitrogens is 2. The molecule has 0 saturated carbocycles. The Morgan fingerprint density at radius 1 is 1.14 bits per heavy atom. The number of halogens is 3. The largest absolute Gasteiger partial charge is 0.370 e. The highest BCUT2D eigenvalue weighted by atomic mass is 32.1. The summed E-state index contributed by atoms with van der Waals surface area (Å²) in [6.45, 7) is 2.49. The van der Waals surface area contributed by atoms with Crippen LogP contribution in [0.4, 0.5) is 19.0 Å². The number of hydrogen-bond acceptors (Lipinski definition) is 4. The maximum atomic E-state index is 13.9. The molecule has 0 unspecified atom stereocenters. The molecule has 3 rings (SSSR count). The van der Waals surface area contributed by atoms with Crippen LogP contribution in [0.1, 0.15) is 6.92 Å². The van der Waals surface area contributed by atoms with Crippen LogP contribution in [0.3, 0.4) is 0 Å². The van der Waals surface area contributed by atoms with Crippen LogP contribution in [0.5, 0.6) is 0 Å². The first-order valence-corrected chi connectivity index (χ1v) is 7.12. The van der Waals surface area contributed by atoms with Crippen LogP contribution < -0.4 is 5.32 Å². The Bertz CT molecular complexity index is 793. The zero-order valence-corrected chi connectivity index (χ0v) is 11.8. The molecule has 1 N–H and O–H groups in total. The third-order valence-corrected chi connectivity index (χ3v) is 3.71. The van der Waals surface area contributed by atoms with E-state index in [0.29, 0.717) is 29.3 Å². The van der Waals surface area contributed by atoms with Crippen LogP contribution >= 0.6 is 11.3 Å². The lowest BCUT2D eigenvalue weighted by Gasteiger charge is -2.08. The van der Waals surface area contributed by atoms with E-state index < -0.39 is 23.0 Å². The van der Waals surface area contributed by atoms with E-state index in [1.165, 1.54) is 11.3 Å². The van der Waals surface area contributed by atoms with E-state index in [9.17, 15) is 13.2 Å². The van der Waals surface area contributed by atoms with Gasteiger partial charge in [-0.2, -0.15) is 0 Å². The molecule has 0 radical (unpaired) electrons. The molecule has 2 heterocycles. The van der Waals surface area contributed by atoms with E-state index in [1.54, 1.807) is 0 Å². The van der Waals surface area contributed by atoms with Gasteiger partial charge in [-0.25, -0.2) is 23.1 Å². The average Bonchev–Trinajstić information content (AvgIpc) is 2.86. The molecule has 21 heavy (non-hydrogen) atoms. The van der Waals surface area contributed by atoms with E-state index in [1.807, 2.05) is 18.4 Å². The molecular weight excluding hydrogens is 299 g/mol. The maximum absolute atomic E-state index is 13.9. The summed E-state index contributed by atoms with van der Waals surface area (Å²) in [5, 5.41) is 5.64. The second-order valence-electron chi connectivity index (χ2n) is 4.31. The summed E-state index contributed by atoms with van der Waals surface area (Å²) >= 11 is 1.34. The smallest absolute Gasteiger partial charge is 0.169 e. The lowest BCUT2D eigenvalue weighted by Crippen LogP contribution is -2.03. The first kappa shape index (κ1) is 13.8. The third-order valence-electron chi connectivity index (χ3n) is 2.90. The molecule has 0 aliphatic carbocycles. The number of anilines is 1. The van der Waals surface area contributed by atoms with Crippen LogP contribution in [0.2, 0.25) is 0 Å². The van der Waals surface area contributed by atoms with Gasteiger partial charge in [0, 0.05) is 18.7 Å². The molecule has 0 fully saturated rings. The van der Waals surface area contributed by atoms with Gasteiger partial charge >= 0.3 is 0 Å². The molecule has 0 aliphatic heterocycles. The number of hydrogen-bond donors (Lipinski definition) is 1. The lowest BCUT2D eigenvalue weighted by molar-refractivity contribution is 0.547. The fourth-order valence-corrected chi connectivity index (χ4v) is 2.79. The zero-order chi connectivity index (χ0) is 15.0. The van der Waals surface area contributed by atoms with E-state index in [4.69, 9.17) is 0 Å². The number of thiophene rings is 1. The molecular formula is C14H10F3N3S. The third kappa shape index (κ3) is 2.44. The van der Waals surface area contributed by atoms with Gasteiger partial charge in [0.25, 0.3) is 0 Å². The van der Waals surface area contributed by atoms with Crippen molar-refractivity contribution in [3.8, 4) is 11.4 Å². The minimum Gasteiger partial charge on any atom is -0.370 e. The Labute approximate surface area is 122 Å². The average molecular weight is 309 g/mol. The van der Waals surface area contributed by atoms with Crippen LogP contribution in [0.15, 0.2) is 23.6 Å². The fraction of sp³-hybridized carbons (Fsp3) is 0.143. The molecule has 7 heteroatoms. The highest BCUT2D eigenvalue weighted by Gasteiger charge is 2.18. The van der Waals surface area contributed by atoms with Crippen LogP contribution in [0, 0.1) is 17.5 Å². The molecule has 0 atom stereocenters. The maximum Gasteiger partial charge on any atom is 0.169 e. The van der Waals surface area contributed by atoms with Gasteiger partial charge in [0.15, 0.2) is 5.82 Å². The molecule has 108 valence electrons. The first-order valence-electron chi connectivity index (χ1n) is 6.24. The predicted octanol–water partition coefficient (Wildman–Crippen LogP) is 4.21. The second kappa shape index (κ2) is 5.33.